The molecule has 0 radical (unpaired) electrons. The molecule has 0 bridgehead atoms. The van der Waals surface area contributed by atoms with Gasteiger partial charge in [0.25, 0.3) is 0 Å². The van der Waals surface area contributed by atoms with Crippen LogP contribution in [-0.4, -0.2) is 0 Å². The van der Waals surface area contributed by atoms with E-state index in [1.165, 1.54) is 12.1 Å². The molecule has 0 aliphatic carbocycles. The number of ether oxygens (including phenoxy) is 1. The lowest BCUT2D eigenvalue weighted by atomic mass is 10.2. The van der Waals surface area contributed by atoms with Crippen molar-refractivity contribution in [2.75, 3.05) is 5.73 Å². The van der Waals surface area contributed by atoms with E-state index >= 15 is 0 Å². The highest BCUT2D eigenvalue weighted by Gasteiger charge is 2.08. The summed E-state index contributed by atoms with van der Waals surface area (Å²) in [6.45, 7) is 2.14. The molecule has 2 nitrogen and oxygen atoms in total. The third-order valence-electron chi connectivity index (χ3n) is 2.64. The first-order valence-electron chi connectivity index (χ1n) is 5.59. The van der Waals surface area contributed by atoms with Gasteiger partial charge in [-0.15, -0.1) is 0 Å². The van der Waals surface area contributed by atoms with Crippen LogP contribution in [0.3, 0.4) is 0 Å². The molecule has 0 aromatic heterocycles. The Morgan fingerprint density at radius 3 is 2.68 bits per heavy atom. The topological polar surface area (TPSA) is 35.2 Å². The lowest BCUT2D eigenvalue weighted by Gasteiger charge is -2.12. The van der Waals surface area contributed by atoms with Crippen molar-refractivity contribution in [1.82, 2.24) is 0 Å². The predicted octanol–water partition coefficient (Wildman–Crippen LogP) is 4.71. The summed E-state index contributed by atoms with van der Waals surface area (Å²) < 4.78 is 19.8. The minimum absolute atomic E-state index is 0.100. The molecule has 0 amide bonds. The average molecular weight is 345 g/mol. The zero-order valence-electron chi connectivity index (χ0n) is 10.2. The van der Waals surface area contributed by atoms with Gasteiger partial charge in [0.05, 0.1) is 10.7 Å². The van der Waals surface area contributed by atoms with E-state index in [0.717, 1.165) is 10.0 Å². The van der Waals surface area contributed by atoms with Crippen molar-refractivity contribution in [2.45, 2.75) is 13.5 Å². The maximum absolute atomic E-state index is 13.3. The maximum atomic E-state index is 13.3. The number of anilines is 1. The zero-order valence-corrected chi connectivity index (χ0v) is 12.6. The van der Waals surface area contributed by atoms with Gasteiger partial charge in [0.2, 0.25) is 0 Å². The molecule has 2 aromatic rings. The molecule has 0 fully saturated rings. The van der Waals surface area contributed by atoms with Crippen molar-refractivity contribution in [3.8, 4) is 5.75 Å². The lowest BCUT2D eigenvalue weighted by Crippen LogP contribution is -2.01. The van der Waals surface area contributed by atoms with Crippen LogP contribution in [0.15, 0.2) is 34.8 Å². The Hall–Kier alpha value is -1.26. The van der Waals surface area contributed by atoms with Gasteiger partial charge < -0.3 is 10.5 Å². The van der Waals surface area contributed by atoms with E-state index in [9.17, 15) is 4.39 Å². The van der Waals surface area contributed by atoms with Crippen LogP contribution in [-0.2, 0) is 6.61 Å². The summed E-state index contributed by atoms with van der Waals surface area (Å²) in [7, 11) is 0. The molecule has 19 heavy (non-hydrogen) atoms. The highest BCUT2D eigenvalue weighted by molar-refractivity contribution is 9.10. The van der Waals surface area contributed by atoms with Crippen LogP contribution < -0.4 is 10.5 Å². The van der Waals surface area contributed by atoms with Crippen LogP contribution in [0.4, 0.5) is 10.1 Å². The highest BCUT2D eigenvalue weighted by Crippen LogP contribution is 2.30. The summed E-state index contributed by atoms with van der Waals surface area (Å²) in [5, 5.41) is 0.100. The number of benzene rings is 2. The van der Waals surface area contributed by atoms with E-state index in [2.05, 4.69) is 15.9 Å². The summed E-state index contributed by atoms with van der Waals surface area (Å²) in [6.07, 6.45) is 0. The van der Waals surface area contributed by atoms with Gasteiger partial charge in [-0.1, -0.05) is 33.6 Å². The van der Waals surface area contributed by atoms with Gasteiger partial charge in [-0.25, -0.2) is 4.39 Å². The number of nitrogen functional groups attached to an aromatic ring is 1. The molecule has 100 valence electrons. The van der Waals surface area contributed by atoms with Crippen LogP contribution in [0, 0.1) is 12.7 Å². The second-order valence-corrected chi connectivity index (χ2v) is 5.50. The van der Waals surface area contributed by atoms with E-state index in [1.54, 1.807) is 12.1 Å². The summed E-state index contributed by atoms with van der Waals surface area (Å²) in [4.78, 5) is 0. The Labute approximate surface area is 124 Å². The Balaban J connectivity index is 2.16. The van der Waals surface area contributed by atoms with Crippen LogP contribution in [0.1, 0.15) is 11.1 Å². The Bertz CT molecular complexity index is 595. The molecule has 0 aliphatic heterocycles. The smallest absolute Gasteiger partial charge is 0.145 e. The Morgan fingerprint density at radius 2 is 2.05 bits per heavy atom. The first-order valence-corrected chi connectivity index (χ1v) is 6.77. The standard InChI is InChI=1S/C14H12BrClFNO/c1-8-4-10(15)6-13(18)14(8)19-7-9-2-3-11(16)12(17)5-9/h2-6H,7,18H2,1H3. The number of aryl methyl sites for hydroxylation is 1. The van der Waals surface area contributed by atoms with E-state index in [0.29, 0.717) is 17.0 Å². The molecule has 0 unspecified atom stereocenters. The number of rotatable bonds is 3. The van der Waals surface area contributed by atoms with E-state index in [4.69, 9.17) is 22.1 Å². The number of nitrogens with two attached hydrogens (primary N) is 1. The van der Waals surface area contributed by atoms with Crippen molar-refractivity contribution in [2.24, 2.45) is 0 Å². The molecule has 0 spiro atoms. The van der Waals surface area contributed by atoms with E-state index in [1.807, 2.05) is 13.0 Å². The summed E-state index contributed by atoms with van der Waals surface area (Å²) in [6, 6.07) is 8.26. The number of halogens is 3. The molecule has 0 heterocycles. The van der Waals surface area contributed by atoms with Crippen LogP contribution in [0.5, 0.6) is 5.75 Å². The average Bonchev–Trinajstić information content (AvgIpc) is 2.32. The SMILES string of the molecule is Cc1cc(Br)cc(N)c1OCc1ccc(Cl)c(F)c1. The first kappa shape index (κ1) is 14.2. The van der Waals surface area contributed by atoms with Crippen molar-refractivity contribution in [3.05, 3.63) is 56.8 Å². The van der Waals surface area contributed by atoms with Gasteiger partial charge in [0, 0.05) is 4.47 Å². The summed E-state index contributed by atoms with van der Waals surface area (Å²) in [5.41, 5.74) is 8.05. The second-order valence-electron chi connectivity index (χ2n) is 4.18. The zero-order chi connectivity index (χ0) is 14.0. The van der Waals surface area contributed by atoms with Gasteiger partial charge >= 0.3 is 0 Å². The third kappa shape index (κ3) is 3.39. The lowest BCUT2D eigenvalue weighted by molar-refractivity contribution is 0.305. The van der Waals surface area contributed by atoms with Crippen molar-refractivity contribution in [1.29, 1.82) is 0 Å². The Kier molecular flexibility index (Phi) is 4.32. The molecule has 2 N–H and O–H groups in total. The molecule has 0 saturated carbocycles. The van der Waals surface area contributed by atoms with Gasteiger partial charge in [0.1, 0.15) is 18.2 Å². The van der Waals surface area contributed by atoms with E-state index in [-0.39, 0.29) is 11.6 Å². The van der Waals surface area contributed by atoms with Crippen LogP contribution >= 0.6 is 27.5 Å². The summed E-state index contributed by atoms with van der Waals surface area (Å²) in [5.74, 6) is 0.154. The van der Waals surface area contributed by atoms with E-state index < -0.39 is 5.82 Å². The minimum Gasteiger partial charge on any atom is -0.486 e. The number of hydrogen-bond donors (Lipinski definition) is 1. The molecule has 0 saturated heterocycles. The third-order valence-corrected chi connectivity index (χ3v) is 3.40. The number of hydrogen-bond acceptors (Lipinski definition) is 2. The highest BCUT2D eigenvalue weighted by atomic mass is 79.9. The van der Waals surface area contributed by atoms with Crippen molar-refractivity contribution in [3.63, 3.8) is 0 Å². The largest absolute Gasteiger partial charge is 0.486 e. The second kappa shape index (κ2) is 5.80. The molecular weight excluding hydrogens is 333 g/mol. The monoisotopic (exact) mass is 343 g/mol. The first-order chi connectivity index (χ1) is 8.97. The molecule has 0 aliphatic rings. The molecule has 2 rings (SSSR count). The maximum Gasteiger partial charge on any atom is 0.145 e. The van der Waals surface area contributed by atoms with Gasteiger partial charge in [0.15, 0.2) is 0 Å². The molecule has 2 aromatic carbocycles. The fraction of sp³-hybridized carbons (Fsp3) is 0.143. The van der Waals surface area contributed by atoms with Crippen molar-refractivity contribution < 1.29 is 9.13 Å². The molecule has 5 heteroatoms. The molecular formula is C14H12BrClFNO. The minimum atomic E-state index is -0.455. The quantitative estimate of drug-likeness (QED) is 0.818. The Morgan fingerprint density at radius 1 is 1.32 bits per heavy atom. The van der Waals surface area contributed by atoms with Gasteiger partial charge in [-0.2, -0.15) is 0 Å². The van der Waals surface area contributed by atoms with Gasteiger partial charge in [-0.3, -0.25) is 0 Å². The fourth-order valence-corrected chi connectivity index (χ4v) is 2.45. The van der Waals surface area contributed by atoms with Crippen LogP contribution in [0.25, 0.3) is 0 Å². The fourth-order valence-electron chi connectivity index (χ4n) is 1.74. The van der Waals surface area contributed by atoms with Crippen molar-refractivity contribution >= 4 is 33.2 Å². The summed E-state index contributed by atoms with van der Waals surface area (Å²) >= 11 is 8.99. The van der Waals surface area contributed by atoms with Gasteiger partial charge in [-0.05, 0) is 42.3 Å². The normalized spacial score (nSPS) is 10.5. The van der Waals surface area contributed by atoms with Crippen LogP contribution in [0.2, 0.25) is 5.02 Å². The predicted molar refractivity (Wildman–Crippen MR) is 79.0 cm³/mol. The molecule has 0 atom stereocenters.